The van der Waals surface area contributed by atoms with Gasteiger partial charge in [0.2, 0.25) is 10.0 Å². The van der Waals surface area contributed by atoms with Crippen LogP contribution in [0.15, 0.2) is 0 Å². The summed E-state index contributed by atoms with van der Waals surface area (Å²) < 4.78 is 30.1. The number of rotatable bonds is 6. The molecule has 0 aromatic carbocycles. The first kappa shape index (κ1) is 17.8. The van der Waals surface area contributed by atoms with Crippen molar-refractivity contribution in [2.45, 2.75) is 44.9 Å². The molecule has 0 rings (SSSR count). The van der Waals surface area contributed by atoms with E-state index in [2.05, 4.69) is 4.74 Å². The summed E-state index contributed by atoms with van der Waals surface area (Å²) in [5.74, 6) is -1.97. The number of hydrogen-bond acceptors (Lipinski definition) is 5. The molecule has 0 aliphatic heterocycles. The van der Waals surface area contributed by atoms with Gasteiger partial charge in [-0.2, -0.15) is 4.31 Å². The second-order valence-corrected chi connectivity index (χ2v) is 7.27. The maximum atomic E-state index is 12.3. The van der Waals surface area contributed by atoms with Gasteiger partial charge in [-0.1, -0.05) is 0 Å². The van der Waals surface area contributed by atoms with Gasteiger partial charge in [-0.15, -0.1) is 0 Å². The van der Waals surface area contributed by atoms with Crippen molar-refractivity contribution in [2.24, 2.45) is 0 Å². The molecular weight excluding hydrogens is 274 g/mol. The van der Waals surface area contributed by atoms with E-state index in [0.29, 0.717) is 0 Å². The highest BCUT2D eigenvalue weighted by molar-refractivity contribution is 7.90. The van der Waals surface area contributed by atoms with Crippen molar-refractivity contribution >= 4 is 22.0 Å². The van der Waals surface area contributed by atoms with Gasteiger partial charge < -0.3 is 9.84 Å². The molecule has 0 heterocycles. The largest absolute Gasteiger partial charge is 0.481 e. The van der Waals surface area contributed by atoms with Crippen LogP contribution in [-0.2, 0) is 24.3 Å². The van der Waals surface area contributed by atoms with Gasteiger partial charge in [-0.25, -0.2) is 8.42 Å². The molecule has 0 radical (unpaired) electrons. The third-order valence-corrected chi connectivity index (χ3v) is 4.99. The molecule has 0 fully saturated rings. The second-order valence-electron chi connectivity index (χ2n) is 5.10. The minimum absolute atomic E-state index is 0.192. The van der Waals surface area contributed by atoms with Crippen molar-refractivity contribution in [3.63, 3.8) is 0 Å². The summed E-state index contributed by atoms with van der Waals surface area (Å²) in [7, 11) is -2.87. The van der Waals surface area contributed by atoms with E-state index in [0.717, 1.165) is 11.4 Å². The summed E-state index contributed by atoms with van der Waals surface area (Å²) in [5, 5.41) is 7.30. The quantitative estimate of drug-likeness (QED) is 0.714. The zero-order valence-corrected chi connectivity index (χ0v) is 12.7. The number of carbonyl (C=O) groups is 2. The van der Waals surface area contributed by atoms with E-state index in [4.69, 9.17) is 5.11 Å². The van der Waals surface area contributed by atoms with E-state index < -0.39 is 32.8 Å². The number of carbonyl (C=O) groups excluding carboxylic acids is 1. The smallest absolute Gasteiger partial charge is 0.325 e. The van der Waals surface area contributed by atoms with Gasteiger partial charge in [0.1, 0.15) is 0 Å². The third-order valence-electron chi connectivity index (χ3n) is 2.56. The molecule has 0 amide bonds. The topological polar surface area (TPSA) is 101 Å². The number of nitrogens with zero attached hydrogens (tertiary/aromatic N) is 1. The molecule has 0 aromatic heterocycles. The highest BCUT2D eigenvalue weighted by atomic mass is 32.2. The number of carboxylic acids is 1. The number of hydrogen-bond donors (Lipinski definition) is 1. The molecule has 0 aliphatic carbocycles. The fraction of sp³-hybridized carbons (Fsp3) is 0.818. The van der Waals surface area contributed by atoms with Crippen LogP contribution in [0.3, 0.4) is 0 Å². The van der Waals surface area contributed by atoms with Crippen molar-refractivity contribution in [3.8, 4) is 0 Å². The lowest BCUT2D eigenvalue weighted by Gasteiger charge is -2.35. The number of methoxy groups -OCH3 is 1. The van der Waals surface area contributed by atoms with Crippen LogP contribution < -0.4 is 0 Å². The number of sulfonamides is 1. The Morgan fingerprint density at radius 2 is 1.79 bits per heavy atom. The second kappa shape index (κ2) is 6.33. The molecule has 0 aliphatic rings. The fourth-order valence-electron chi connectivity index (χ4n) is 1.52. The lowest BCUT2D eigenvalue weighted by molar-refractivity contribution is -0.140. The number of esters is 1. The van der Waals surface area contributed by atoms with Crippen LogP contribution in [0.25, 0.3) is 0 Å². The van der Waals surface area contributed by atoms with Crippen molar-refractivity contribution in [1.29, 1.82) is 0 Å². The Balaban J connectivity index is 5.36. The molecule has 1 unspecified atom stereocenters. The summed E-state index contributed by atoms with van der Waals surface area (Å²) in [5.41, 5.74) is -0.823. The van der Waals surface area contributed by atoms with Gasteiger partial charge in [0, 0.05) is 12.1 Å². The molecule has 0 aromatic rings. The van der Waals surface area contributed by atoms with E-state index in [1.165, 1.54) is 6.92 Å². The Hall–Kier alpha value is -1.15. The van der Waals surface area contributed by atoms with Gasteiger partial charge in [0.05, 0.1) is 13.5 Å². The lowest BCUT2D eigenvalue weighted by atomic mass is 10.1. The van der Waals surface area contributed by atoms with Gasteiger partial charge in [0.15, 0.2) is 5.25 Å². The van der Waals surface area contributed by atoms with E-state index in [1.807, 2.05) is 0 Å². The van der Waals surface area contributed by atoms with Crippen molar-refractivity contribution in [1.82, 2.24) is 4.31 Å². The number of ether oxygens (including phenoxy) is 1. The molecule has 0 spiro atoms. The van der Waals surface area contributed by atoms with E-state index >= 15 is 0 Å². The predicted octanol–water partition coefficient (Wildman–Crippen LogP) is 0.453. The van der Waals surface area contributed by atoms with Crippen LogP contribution in [0.1, 0.15) is 34.1 Å². The molecule has 1 N–H and O–H groups in total. The first-order valence-electron chi connectivity index (χ1n) is 5.76. The van der Waals surface area contributed by atoms with Gasteiger partial charge in [-0.3, -0.25) is 9.59 Å². The lowest BCUT2D eigenvalue weighted by Crippen LogP contribution is -2.51. The predicted molar refractivity (Wildman–Crippen MR) is 69.1 cm³/mol. The maximum absolute atomic E-state index is 12.3. The Kier molecular flexibility index (Phi) is 5.95. The van der Waals surface area contributed by atoms with Crippen molar-refractivity contribution in [3.05, 3.63) is 0 Å². The SMILES string of the molecule is COC(=O)C(C)S(=O)(=O)N(CCC(=O)O)C(C)(C)C. The van der Waals surface area contributed by atoms with Crippen LogP contribution in [0, 0.1) is 0 Å². The standard InChI is InChI=1S/C11H21NO6S/c1-8(10(15)18-5)19(16,17)12(11(2,3)4)7-6-9(13)14/h8H,6-7H2,1-5H3,(H,13,14). The monoisotopic (exact) mass is 295 g/mol. The molecule has 0 saturated heterocycles. The summed E-state index contributed by atoms with van der Waals surface area (Å²) in [6, 6.07) is 0. The van der Waals surface area contributed by atoms with Crippen molar-refractivity contribution in [2.75, 3.05) is 13.7 Å². The first-order chi connectivity index (χ1) is 8.44. The molecule has 8 heteroatoms. The number of aliphatic carboxylic acids is 1. The van der Waals surface area contributed by atoms with Crippen LogP contribution in [0.5, 0.6) is 0 Å². The minimum Gasteiger partial charge on any atom is -0.481 e. The third kappa shape index (κ3) is 4.79. The van der Waals surface area contributed by atoms with Crippen LogP contribution in [0.2, 0.25) is 0 Å². The summed E-state index contributed by atoms with van der Waals surface area (Å²) in [4.78, 5) is 22.0. The molecule has 1 atom stereocenters. The first-order valence-corrected chi connectivity index (χ1v) is 7.26. The van der Waals surface area contributed by atoms with Gasteiger partial charge >= 0.3 is 11.9 Å². The van der Waals surface area contributed by atoms with Crippen LogP contribution >= 0.6 is 0 Å². The Bertz CT molecular complexity index is 437. The van der Waals surface area contributed by atoms with E-state index in [-0.39, 0.29) is 13.0 Å². The molecule has 7 nitrogen and oxygen atoms in total. The highest BCUT2D eigenvalue weighted by Gasteiger charge is 2.40. The number of carboxylic acid groups (broad SMARTS) is 1. The average molecular weight is 295 g/mol. The molecule has 19 heavy (non-hydrogen) atoms. The minimum atomic E-state index is -3.97. The zero-order chi connectivity index (χ0) is 15.4. The molecule has 0 bridgehead atoms. The van der Waals surface area contributed by atoms with Gasteiger partial charge in [0.25, 0.3) is 0 Å². The normalized spacial score (nSPS) is 14.2. The Morgan fingerprint density at radius 1 is 1.32 bits per heavy atom. The highest BCUT2D eigenvalue weighted by Crippen LogP contribution is 2.22. The van der Waals surface area contributed by atoms with Crippen molar-refractivity contribution < 1.29 is 27.9 Å². The Morgan fingerprint density at radius 3 is 2.11 bits per heavy atom. The summed E-state index contributed by atoms with van der Waals surface area (Å²) >= 11 is 0. The fourth-order valence-corrected chi connectivity index (χ4v) is 3.35. The summed E-state index contributed by atoms with van der Waals surface area (Å²) in [6.07, 6.45) is -0.329. The molecule has 0 saturated carbocycles. The van der Waals surface area contributed by atoms with E-state index in [9.17, 15) is 18.0 Å². The summed E-state index contributed by atoms with van der Waals surface area (Å²) in [6.45, 7) is 5.94. The van der Waals surface area contributed by atoms with Gasteiger partial charge in [-0.05, 0) is 27.7 Å². The van der Waals surface area contributed by atoms with Crippen LogP contribution in [-0.4, -0.2) is 54.2 Å². The zero-order valence-electron chi connectivity index (χ0n) is 11.8. The molecule has 112 valence electrons. The van der Waals surface area contributed by atoms with E-state index in [1.54, 1.807) is 20.8 Å². The Labute approximate surface area is 113 Å². The van der Waals surface area contributed by atoms with Crippen LogP contribution in [0.4, 0.5) is 0 Å². The maximum Gasteiger partial charge on any atom is 0.325 e. The average Bonchev–Trinajstić information content (AvgIpc) is 2.24. The molecular formula is C11H21NO6S.